The first-order chi connectivity index (χ1) is 8.16. The third kappa shape index (κ3) is 2.38. The molecule has 3 unspecified atom stereocenters. The summed E-state index contributed by atoms with van der Waals surface area (Å²) in [5, 5.41) is 3.71. The van der Waals surface area contributed by atoms with Crippen LogP contribution in [0.2, 0.25) is 0 Å². The SMILES string of the molecule is CC1CN2CCCC2CN1CC1(C)CCCN1. The molecule has 0 aromatic rings. The molecule has 3 heteroatoms. The summed E-state index contributed by atoms with van der Waals surface area (Å²) in [4.78, 5) is 5.45. The van der Waals surface area contributed by atoms with Crippen LogP contribution in [0, 0.1) is 0 Å². The van der Waals surface area contributed by atoms with E-state index in [1.807, 2.05) is 0 Å². The highest BCUT2D eigenvalue weighted by molar-refractivity contribution is 4.97. The fraction of sp³-hybridized carbons (Fsp3) is 1.00. The highest BCUT2D eigenvalue weighted by Gasteiger charge is 2.38. The Balaban J connectivity index is 1.62. The van der Waals surface area contributed by atoms with E-state index in [1.54, 1.807) is 0 Å². The van der Waals surface area contributed by atoms with Gasteiger partial charge in [-0.15, -0.1) is 0 Å². The van der Waals surface area contributed by atoms with Crippen molar-refractivity contribution >= 4 is 0 Å². The number of fused-ring (bicyclic) bond motifs is 1. The van der Waals surface area contributed by atoms with Crippen molar-refractivity contribution in [2.75, 3.05) is 32.7 Å². The van der Waals surface area contributed by atoms with E-state index in [4.69, 9.17) is 0 Å². The van der Waals surface area contributed by atoms with E-state index in [1.165, 1.54) is 58.4 Å². The maximum Gasteiger partial charge on any atom is 0.0281 e. The van der Waals surface area contributed by atoms with Crippen LogP contribution in [0.25, 0.3) is 0 Å². The molecule has 17 heavy (non-hydrogen) atoms. The third-order valence-electron chi connectivity index (χ3n) is 5.08. The van der Waals surface area contributed by atoms with Crippen LogP contribution in [-0.2, 0) is 0 Å². The minimum absolute atomic E-state index is 0.384. The van der Waals surface area contributed by atoms with E-state index in [0.29, 0.717) is 5.54 Å². The summed E-state index contributed by atoms with van der Waals surface area (Å²) in [6, 6.07) is 1.60. The van der Waals surface area contributed by atoms with Crippen LogP contribution in [-0.4, -0.2) is 60.1 Å². The molecule has 3 fully saturated rings. The van der Waals surface area contributed by atoms with E-state index < -0.39 is 0 Å². The van der Waals surface area contributed by atoms with Crippen molar-refractivity contribution in [3.63, 3.8) is 0 Å². The van der Waals surface area contributed by atoms with Crippen molar-refractivity contribution in [2.45, 2.75) is 57.2 Å². The molecule has 0 aromatic heterocycles. The standard InChI is InChI=1S/C14H27N3/c1-12-9-16-8-3-5-13(16)10-17(12)11-14(2)6-4-7-15-14/h12-13,15H,3-11H2,1-2H3. The lowest BCUT2D eigenvalue weighted by atomic mass is 9.97. The van der Waals surface area contributed by atoms with E-state index >= 15 is 0 Å². The molecular weight excluding hydrogens is 210 g/mol. The molecule has 3 nitrogen and oxygen atoms in total. The molecule has 0 bridgehead atoms. The van der Waals surface area contributed by atoms with E-state index in [9.17, 15) is 0 Å². The van der Waals surface area contributed by atoms with Gasteiger partial charge in [0.25, 0.3) is 0 Å². The van der Waals surface area contributed by atoms with Gasteiger partial charge in [0, 0.05) is 37.3 Å². The number of hydrogen-bond acceptors (Lipinski definition) is 3. The van der Waals surface area contributed by atoms with Crippen LogP contribution in [0.15, 0.2) is 0 Å². The average Bonchev–Trinajstić information content (AvgIpc) is 2.88. The molecule has 0 aromatic carbocycles. The first-order valence-corrected chi connectivity index (χ1v) is 7.39. The molecule has 3 rings (SSSR count). The summed E-state index contributed by atoms with van der Waals surface area (Å²) in [6.45, 7) is 11.2. The predicted molar refractivity (Wildman–Crippen MR) is 71.3 cm³/mol. The van der Waals surface area contributed by atoms with Gasteiger partial charge >= 0.3 is 0 Å². The predicted octanol–water partition coefficient (Wildman–Crippen LogP) is 1.30. The van der Waals surface area contributed by atoms with Crippen LogP contribution in [0.4, 0.5) is 0 Å². The van der Waals surface area contributed by atoms with Crippen LogP contribution in [0.1, 0.15) is 39.5 Å². The highest BCUT2D eigenvalue weighted by atomic mass is 15.3. The molecular formula is C14H27N3. The number of nitrogens with zero attached hydrogens (tertiary/aromatic N) is 2. The zero-order valence-corrected chi connectivity index (χ0v) is 11.4. The fourth-order valence-electron chi connectivity index (χ4n) is 4.01. The zero-order chi connectivity index (χ0) is 11.9. The molecule has 0 spiro atoms. The number of piperazine rings is 1. The van der Waals surface area contributed by atoms with Gasteiger partial charge < -0.3 is 5.32 Å². The second-order valence-electron chi connectivity index (χ2n) is 6.66. The molecule has 1 N–H and O–H groups in total. The molecule has 3 atom stereocenters. The normalized spacial score (nSPS) is 44.1. The van der Waals surface area contributed by atoms with Crippen molar-refractivity contribution in [1.29, 1.82) is 0 Å². The highest BCUT2D eigenvalue weighted by Crippen LogP contribution is 2.27. The van der Waals surface area contributed by atoms with Crippen LogP contribution in [0.3, 0.4) is 0 Å². The Hall–Kier alpha value is -0.120. The maximum atomic E-state index is 3.71. The topological polar surface area (TPSA) is 18.5 Å². The molecule has 3 aliphatic heterocycles. The molecule has 3 saturated heterocycles. The average molecular weight is 237 g/mol. The molecule has 0 radical (unpaired) electrons. The second-order valence-corrected chi connectivity index (χ2v) is 6.66. The van der Waals surface area contributed by atoms with Gasteiger partial charge in [-0.1, -0.05) is 0 Å². The molecule has 3 heterocycles. The molecule has 98 valence electrons. The van der Waals surface area contributed by atoms with Gasteiger partial charge in [-0.3, -0.25) is 9.80 Å². The summed E-state index contributed by atoms with van der Waals surface area (Å²) >= 11 is 0. The Morgan fingerprint density at radius 2 is 2.18 bits per heavy atom. The lowest BCUT2D eigenvalue weighted by Crippen LogP contribution is -2.59. The Kier molecular flexibility index (Phi) is 3.18. The van der Waals surface area contributed by atoms with E-state index in [2.05, 4.69) is 29.0 Å². The summed E-state index contributed by atoms with van der Waals surface area (Å²) in [6.07, 6.45) is 5.55. The largest absolute Gasteiger partial charge is 0.310 e. The van der Waals surface area contributed by atoms with Crippen molar-refractivity contribution in [2.24, 2.45) is 0 Å². The summed E-state index contributed by atoms with van der Waals surface area (Å²) in [7, 11) is 0. The number of rotatable bonds is 2. The maximum absolute atomic E-state index is 3.71. The van der Waals surface area contributed by atoms with Gasteiger partial charge in [0.2, 0.25) is 0 Å². The Morgan fingerprint density at radius 1 is 1.29 bits per heavy atom. The van der Waals surface area contributed by atoms with Crippen molar-refractivity contribution in [3.05, 3.63) is 0 Å². The lowest BCUT2D eigenvalue weighted by molar-refractivity contribution is 0.0424. The van der Waals surface area contributed by atoms with Crippen molar-refractivity contribution in [1.82, 2.24) is 15.1 Å². The van der Waals surface area contributed by atoms with Gasteiger partial charge in [-0.05, 0) is 52.6 Å². The van der Waals surface area contributed by atoms with Crippen LogP contribution >= 0.6 is 0 Å². The summed E-state index contributed by atoms with van der Waals surface area (Å²) in [5.41, 5.74) is 0.384. The minimum atomic E-state index is 0.384. The Morgan fingerprint density at radius 3 is 2.94 bits per heavy atom. The third-order valence-corrected chi connectivity index (χ3v) is 5.08. The second kappa shape index (κ2) is 4.52. The Labute approximate surface area is 106 Å². The molecule has 0 saturated carbocycles. The van der Waals surface area contributed by atoms with Gasteiger partial charge in [-0.25, -0.2) is 0 Å². The van der Waals surface area contributed by atoms with Gasteiger partial charge in [-0.2, -0.15) is 0 Å². The van der Waals surface area contributed by atoms with Crippen molar-refractivity contribution < 1.29 is 0 Å². The van der Waals surface area contributed by atoms with E-state index in [-0.39, 0.29) is 0 Å². The van der Waals surface area contributed by atoms with Crippen LogP contribution < -0.4 is 5.32 Å². The minimum Gasteiger partial charge on any atom is -0.310 e. The lowest BCUT2D eigenvalue weighted by Gasteiger charge is -2.45. The zero-order valence-electron chi connectivity index (χ0n) is 11.4. The van der Waals surface area contributed by atoms with E-state index in [0.717, 1.165) is 12.1 Å². The molecule has 0 amide bonds. The monoisotopic (exact) mass is 237 g/mol. The van der Waals surface area contributed by atoms with Gasteiger partial charge in [0.15, 0.2) is 0 Å². The Bertz CT molecular complexity index is 273. The molecule has 0 aliphatic carbocycles. The number of nitrogens with one attached hydrogen (secondary N) is 1. The summed E-state index contributed by atoms with van der Waals surface area (Å²) < 4.78 is 0. The summed E-state index contributed by atoms with van der Waals surface area (Å²) in [5.74, 6) is 0. The first-order valence-electron chi connectivity index (χ1n) is 7.39. The van der Waals surface area contributed by atoms with Crippen LogP contribution in [0.5, 0.6) is 0 Å². The molecule has 3 aliphatic rings. The fourth-order valence-corrected chi connectivity index (χ4v) is 4.01. The van der Waals surface area contributed by atoms with Crippen molar-refractivity contribution in [3.8, 4) is 0 Å². The van der Waals surface area contributed by atoms with Gasteiger partial charge in [0.05, 0.1) is 0 Å². The van der Waals surface area contributed by atoms with Gasteiger partial charge in [0.1, 0.15) is 0 Å². The smallest absolute Gasteiger partial charge is 0.0281 e. The first kappa shape index (κ1) is 11.9. The quantitative estimate of drug-likeness (QED) is 0.781. The number of hydrogen-bond donors (Lipinski definition) is 1.